The average molecular weight is 315 g/mol. The van der Waals surface area contributed by atoms with Crippen LogP contribution in [0.4, 0.5) is 0 Å². The Balaban J connectivity index is 0.00000400. The molecular weight excluding hydrogens is 292 g/mol. The number of amides is 1. The summed E-state index contributed by atoms with van der Waals surface area (Å²) < 4.78 is 10.4. The third kappa shape index (κ3) is 11.0. The summed E-state index contributed by atoms with van der Waals surface area (Å²) in [7, 11) is 0. The molecule has 0 atom stereocenters. The van der Waals surface area contributed by atoms with Crippen LogP contribution < -0.4 is 11.1 Å². The Hall–Kier alpha value is -1.40. The van der Waals surface area contributed by atoms with Gasteiger partial charge in [-0.3, -0.25) is 4.79 Å². The lowest BCUT2D eigenvalue weighted by molar-refractivity contribution is -0.116. The predicted molar refractivity (Wildman–Crippen MR) is 86.4 cm³/mol. The first-order valence-electron chi connectivity index (χ1n) is 6.69. The number of halogens is 1. The number of rotatable bonds is 10. The molecule has 21 heavy (non-hydrogen) atoms. The van der Waals surface area contributed by atoms with E-state index in [1.807, 2.05) is 30.3 Å². The molecule has 0 radical (unpaired) electrons. The second-order valence-corrected chi connectivity index (χ2v) is 4.05. The van der Waals surface area contributed by atoms with E-state index in [0.29, 0.717) is 39.5 Å². The highest BCUT2D eigenvalue weighted by molar-refractivity contribution is 5.91. The summed E-state index contributed by atoms with van der Waals surface area (Å²) in [5, 5.41) is 2.74. The summed E-state index contributed by atoms with van der Waals surface area (Å²) in [6.07, 6.45) is 3.29. The molecule has 0 aliphatic rings. The molecule has 6 heteroatoms. The average Bonchev–Trinajstić information content (AvgIpc) is 2.49. The van der Waals surface area contributed by atoms with E-state index in [-0.39, 0.29) is 18.3 Å². The Bertz CT molecular complexity index is 399. The van der Waals surface area contributed by atoms with E-state index in [1.54, 1.807) is 6.08 Å². The van der Waals surface area contributed by atoms with Gasteiger partial charge in [0, 0.05) is 19.2 Å². The van der Waals surface area contributed by atoms with Crippen molar-refractivity contribution < 1.29 is 14.3 Å². The van der Waals surface area contributed by atoms with E-state index < -0.39 is 0 Å². The molecular formula is C15H23ClN2O3. The topological polar surface area (TPSA) is 73.6 Å². The molecule has 3 N–H and O–H groups in total. The molecule has 1 aromatic rings. The smallest absolute Gasteiger partial charge is 0.244 e. The van der Waals surface area contributed by atoms with Gasteiger partial charge in [-0.25, -0.2) is 0 Å². The number of hydrogen-bond acceptors (Lipinski definition) is 4. The van der Waals surface area contributed by atoms with E-state index in [4.69, 9.17) is 15.2 Å². The fraction of sp³-hybridized carbons (Fsp3) is 0.400. The maximum atomic E-state index is 11.5. The second kappa shape index (κ2) is 13.6. The van der Waals surface area contributed by atoms with Crippen LogP contribution in [0, 0.1) is 0 Å². The fourth-order valence-electron chi connectivity index (χ4n) is 1.45. The number of hydrogen-bond donors (Lipinski definition) is 2. The highest BCUT2D eigenvalue weighted by Gasteiger charge is 1.95. The van der Waals surface area contributed by atoms with Crippen LogP contribution in [0.5, 0.6) is 0 Å². The zero-order valence-electron chi connectivity index (χ0n) is 12.0. The highest BCUT2D eigenvalue weighted by atomic mass is 35.5. The van der Waals surface area contributed by atoms with E-state index in [2.05, 4.69) is 5.32 Å². The zero-order chi connectivity index (χ0) is 14.5. The lowest BCUT2D eigenvalue weighted by Gasteiger charge is -2.05. The third-order valence-electron chi connectivity index (χ3n) is 2.41. The minimum absolute atomic E-state index is 0. The lowest BCUT2D eigenvalue weighted by Crippen LogP contribution is -2.26. The number of nitrogens with two attached hydrogens (primary N) is 1. The van der Waals surface area contributed by atoms with Crippen molar-refractivity contribution in [3.63, 3.8) is 0 Å². The maximum absolute atomic E-state index is 11.5. The van der Waals surface area contributed by atoms with Gasteiger partial charge in [0.1, 0.15) is 0 Å². The third-order valence-corrected chi connectivity index (χ3v) is 2.41. The van der Waals surface area contributed by atoms with Gasteiger partial charge in [-0.05, 0) is 11.6 Å². The largest absolute Gasteiger partial charge is 0.378 e. The van der Waals surface area contributed by atoms with Crippen molar-refractivity contribution in [2.24, 2.45) is 5.73 Å². The number of carbonyl (C=O) groups excluding carboxylic acids is 1. The van der Waals surface area contributed by atoms with E-state index in [1.165, 1.54) is 6.08 Å². The monoisotopic (exact) mass is 314 g/mol. The molecule has 0 saturated carbocycles. The van der Waals surface area contributed by atoms with Crippen molar-refractivity contribution in [3.8, 4) is 0 Å². The van der Waals surface area contributed by atoms with Gasteiger partial charge in [0.05, 0.1) is 26.4 Å². The molecule has 0 bridgehead atoms. The Labute approximate surface area is 131 Å². The first-order valence-corrected chi connectivity index (χ1v) is 6.69. The summed E-state index contributed by atoms with van der Waals surface area (Å²) in [6.45, 7) is 3.05. The zero-order valence-corrected chi connectivity index (χ0v) is 12.8. The predicted octanol–water partition coefficient (Wildman–Crippen LogP) is 1.23. The first-order chi connectivity index (χ1) is 9.83. The van der Waals surface area contributed by atoms with Crippen LogP contribution in [0.25, 0.3) is 6.08 Å². The number of benzene rings is 1. The van der Waals surface area contributed by atoms with Gasteiger partial charge in [0.25, 0.3) is 0 Å². The van der Waals surface area contributed by atoms with Gasteiger partial charge >= 0.3 is 0 Å². The normalized spacial score (nSPS) is 10.3. The van der Waals surface area contributed by atoms with E-state index in [9.17, 15) is 4.79 Å². The van der Waals surface area contributed by atoms with Crippen LogP contribution >= 0.6 is 12.4 Å². The van der Waals surface area contributed by atoms with Crippen molar-refractivity contribution in [2.75, 3.05) is 39.5 Å². The van der Waals surface area contributed by atoms with Crippen LogP contribution in [0.15, 0.2) is 36.4 Å². The van der Waals surface area contributed by atoms with Gasteiger partial charge < -0.3 is 20.5 Å². The molecule has 1 rings (SSSR count). The van der Waals surface area contributed by atoms with Crippen LogP contribution in [-0.2, 0) is 14.3 Å². The molecule has 0 fully saturated rings. The van der Waals surface area contributed by atoms with Crippen molar-refractivity contribution in [1.82, 2.24) is 5.32 Å². The van der Waals surface area contributed by atoms with E-state index in [0.717, 1.165) is 5.56 Å². The van der Waals surface area contributed by atoms with Gasteiger partial charge in [0.2, 0.25) is 5.91 Å². The molecule has 0 aromatic heterocycles. The fourth-order valence-corrected chi connectivity index (χ4v) is 1.45. The molecule has 0 spiro atoms. The van der Waals surface area contributed by atoms with Crippen molar-refractivity contribution in [2.45, 2.75) is 0 Å². The Morgan fingerprint density at radius 1 is 1.10 bits per heavy atom. The van der Waals surface area contributed by atoms with Gasteiger partial charge in [-0.1, -0.05) is 30.3 Å². The second-order valence-electron chi connectivity index (χ2n) is 4.05. The molecule has 0 aliphatic heterocycles. The summed E-state index contributed by atoms with van der Waals surface area (Å²) in [4.78, 5) is 11.5. The Kier molecular flexibility index (Phi) is 12.7. The van der Waals surface area contributed by atoms with Crippen LogP contribution in [-0.4, -0.2) is 45.4 Å². The molecule has 1 aromatic carbocycles. The standard InChI is InChI=1S/C15H22N2O3.ClH/c16-8-10-19-12-13-20-11-9-17-15(18)7-6-14-4-2-1-3-5-14;/h1-7H,8-13,16H2,(H,17,18);1H. The summed E-state index contributed by atoms with van der Waals surface area (Å²) >= 11 is 0. The summed E-state index contributed by atoms with van der Waals surface area (Å²) in [5.41, 5.74) is 6.27. The molecule has 0 unspecified atom stereocenters. The maximum Gasteiger partial charge on any atom is 0.244 e. The van der Waals surface area contributed by atoms with Crippen molar-refractivity contribution in [1.29, 1.82) is 0 Å². The molecule has 0 saturated heterocycles. The summed E-state index contributed by atoms with van der Waals surface area (Å²) in [6, 6.07) is 9.67. The van der Waals surface area contributed by atoms with Gasteiger partial charge in [-0.2, -0.15) is 0 Å². The molecule has 1 amide bonds. The number of carbonyl (C=O) groups is 1. The number of ether oxygens (including phenoxy) is 2. The number of nitrogens with one attached hydrogen (secondary N) is 1. The molecule has 0 aliphatic carbocycles. The van der Waals surface area contributed by atoms with Gasteiger partial charge in [-0.15, -0.1) is 12.4 Å². The SMILES string of the molecule is Cl.NCCOCCOCCNC(=O)C=Cc1ccccc1. The highest BCUT2D eigenvalue weighted by Crippen LogP contribution is 2.00. The van der Waals surface area contributed by atoms with Gasteiger partial charge in [0.15, 0.2) is 0 Å². The lowest BCUT2D eigenvalue weighted by atomic mass is 10.2. The first kappa shape index (κ1) is 19.6. The van der Waals surface area contributed by atoms with Crippen LogP contribution in [0.3, 0.4) is 0 Å². The Morgan fingerprint density at radius 3 is 2.43 bits per heavy atom. The van der Waals surface area contributed by atoms with E-state index >= 15 is 0 Å². The van der Waals surface area contributed by atoms with Crippen molar-refractivity contribution >= 4 is 24.4 Å². The Morgan fingerprint density at radius 2 is 1.76 bits per heavy atom. The van der Waals surface area contributed by atoms with Crippen LogP contribution in [0.2, 0.25) is 0 Å². The molecule has 5 nitrogen and oxygen atoms in total. The molecule has 118 valence electrons. The quantitative estimate of drug-likeness (QED) is 0.503. The molecule has 0 heterocycles. The minimum atomic E-state index is -0.128. The summed E-state index contributed by atoms with van der Waals surface area (Å²) in [5.74, 6) is -0.128. The minimum Gasteiger partial charge on any atom is -0.378 e. The van der Waals surface area contributed by atoms with Crippen molar-refractivity contribution in [3.05, 3.63) is 42.0 Å². The van der Waals surface area contributed by atoms with Crippen LogP contribution in [0.1, 0.15) is 5.56 Å².